The highest BCUT2D eigenvalue weighted by Gasteiger charge is 2.41. The number of hydrogen-bond donors (Lipinski definition) is 1. The van der Waals surface area contributed by atoms with Gasteiger partial charge in [-0.25, -0.2) is 0 Å². The lowest BCUT2D eigenvalue weighted by molar-refractivity contribution is -0.134. The first-order chi connectivity index (χ1) is 9.86. The second-order valence-corrected chi connectivity index (χ2v) is 6.12. The first-order valence-electron chi connectivity index (χ1n) is 7.26. The van der Waals surface area contributed by atoms with Gasteiger partial charge in [0, 0.05) is 10.7 Å². The molecule has 0 spiro atoms. The van der Waals surface area contributed by atoms with Gasteiger partial charge < -0.3 is 5.32 Å². The van der Waals surface area contributed by atoms with Crippen molar-refractivity contribution in [1.82, 2.24) is 5.32 Å². The quantitative estimate of drug-likeness (QED) is 0.933. The number of benzene rings is 1. The van der Waals surface area contributed by atoms with Gasteiger partial charge in [0.2, 0.25) is 5.91 Å². The lowest BCUT2D eigenvalue weighted by atomic mass is 9.94. The second kappa shape index (κ2) is 6.06. The number of rotatable bonds is 3. The molecule has 2 rings (SSSR count). The third-order valence-electron chi connectivity index (χ3n) is 4.21. The summed E-state index contributed by atoms with van der Waals surface area (Å²) >= 11 is 6.06. The summed E-state index contributed by atoms with van der Waals surface area (Å²) in [5.74, 6) is -0.1000. The molecule has 1 saturated heterocycles. The van der Waals surface area contributed by atoms with E-state index in [1.807, 2.05) is 26.8 Å². The Bertz CT molecular complexity index is 573. The van der Waals surface area contributed by atoms with E-state index in [9.17, 15) is 9.59 Å². The number of nitrogens with zero attached hydrogens (tertiary/aromatic N) is 1. The first-order valence-corrected chi connectivity index (χ1v) is 7.64. The Morgan fingerprint density at radius 2 is 2.05 bits per heavy atom. The Labute approximate surface area is 130 Å². The van der Waals surface area contributed by atoms with Crippen LogP contribution >= 0.6 is 11.6 Å². The predicted molar refractivity (Wildman–Crippen MR) is 84.5 cm³/mol. The van der Waals surface area contributed by atoms with E-state index in [1.165, 1.54) is 0 Å². The number of amides is 2. The van der Waals surface area contributed by atoms with Crippen LogP contribution in [0.1, 0.15) is 32.8 Å². The van der Waals surface area contributed by atoms with Gasteiger partial charge in [-0.3, -0.25) is 14.5 Å². The molecular weight excluding hydrogens is 288 g/mol. The SMILES string of the molecule is CCC(C)C1NC(=O)C(C)N(c2cc(Cl)ccc2C)C1=O. The zero-order valence-electron chi connectivity index (χ0n) is 12.8. The van der Waals surface area contributed by atoms with Crippen LogP contribution in [-0.2, 0) is 9.59 Å². The zero-order chi connectivity index (χ0) is 15.7. The molecule has 21 heavy (non-hydrogen) atoms. The molecule has 1 aromatic rings. The van der Waals surface area contributed by atoms with Crippen LogP contribution in [0.25, 0.3) is 0 Å². The third-order valence-corrected chi connectivity index (χ3v) is 4.45. The summed E-state index contributed by atoms with van der Waals surface area (Å²) in [4.78, 5) is 26.6. The molecule has 0 saturated carbocycles. The fourth-order valence-corrected chi connectivity index (χ4v) is 2.75. The smallest absolute Gasteiger partial charge is 0.250 e. The van der Waals surface area contributed by atoms with E-state index in [2.05, 4.69) is 5.32 Å². The number of aryl methyl sites for hydroxylation is 1. The van der Waals surface area contributed by atoms with E-state index >= 15 is 0 Å². The lowest BCUT2D eigenvalue weighted by Gasteiger charge is -2.40. The summed E-state index contributed by atoms with van der Waals surface area (Å²) < 4.78 is 0. The molecule has 3 unspecified atom stereocenters. The number of halogens is 1. The number of hydrogen-bond acceptors (Lipinski definition) is 2. The van der Waals surface area contributed by atoms with Gasteiger partial charge in [0.05, 0.1) is 0 Å². The van der Waals surface area contributed by atoms with Crippen LogP contribution in [0.5, 0.6) is 0 Å². The van der Waals surface area contributed by atoms with Gasteiger partial charge in [0.15, 0.2) is 0 Å². The maximum Gasteiger partial charge on any atom is 0.250 e. The maximum absolute atomic E-state index is 12.8. The highest BCUT2D eigenvalue weighted by atomic mass is 35.5. The molecule has 1 aromatic carbocycles. The Kier molecular flexibility index (Phi) is 4.57. The number of piperazine rings is 1. The first kappa shape index (κ1) is 15.8. The second-order valence-electron chi connectivity index (χ2n) is 5.69. The molecule has 2 amide bonds. The Hall–Kier alpha value is -1.55. The van der Waals surface area contributed by atoms with Gasteiger partial charge in [-0.1, -0.05) is 37.9 Å². The van der Waals surface area contributed by atoms with Crippen molar-refractivity contribution >= 4 is 29.1 Å². The van der Waals surface area contributed by atoms with Crippen molar-refractivity contribution in [2.75, 3.05) is 4.90 Å². The number of carbonyl (C=O) groups excluding carboxylic acids is 2. The molecule has 1 fully saturated rings. The van der Waals surface area contributed by atoms with Crippen molar-refractivity contribution in [3.63, 3.8) is 0 Å². The maximum atomic E-state index is 12.8. The molecule has 1 aliphatic rings. The molecule has 114 valence electrons. The highest BCUT2D eigenvalue weighted by molar-refractivity contribution is 6.31. The van der Waals surface area contributed by atoms with Crippen molar-refractivity contribution < 1.29 is 9.59 Å². The predicted octanol–water partition coefficient (Wildman–Crippen LogP) is 2.91. The molecule has 1 heterocycles. The highest BCUT2D eigenvalue weighted by Crippen LogP contribution is 2.29. The molecule has 0 aromatic heterocycles. The summed E-state index contributed by atoms with van der Waals surface area (Å²) in [6, 6.07) is 4.39. The molecular formula is C16H21ClN2O2. The van der Waals surface area contributed by atoms with Crippen LogP contribution < -0.4 is 10.2 Å². The van der Waals surface area contributed by atoms with Gasteiger partial charge >= 0.3 is 0 Å². The fraction of sp³-hybridized carbons (Fsp3) is 0.500. The lowest BCUT2D eigenvalue weighted by Crippen LogP contribution is -2.64. The topological polar surface area (TPSA) is 49.4 Å². The van der Waals surface area contributed by atoms with Gasteiger partial charge in [0.25, 0.3) is 5.91 Å². The van der Waals surface area contributed by atoms with Gasteiger partial charge in [-0.2, -0.15) is 0 Å². The van der Waals surface area contributed by atoms with Crippen LogP contribution in [0, 0.1) is 12.8 Å². The van der Waals surface area contributed by atoms with E-state index in [4.69, 9.17) is 11.6 Å². The van der Waals surface area contributed by atoms with Crippen molar-refractivity contribution in [2.24, 2.45) is 5.92 Å². The summed E-state index contributed by atoms with van der Waals surface area (Å²) in [7, 11) is 0. The number of carbonyl (C=O) groups is 2. The van der Waals surface area contributed by atoms with E-state index in [-0.39, 0.29) is 17.7 Å². The van der Waals surface area contributed by atoms with E-state index in [0.29, 0.717) is 10.7 Å². The third kappa shape index (κ3) is 2.91. The van der Waals surface area contributed by atoms with Gasteiger partial charge in [0.1, 0.15) is 12.1 Å². The van der Waals surface area contributed by atoms with Gasteiger partial charge in [-0.05, 0) is 37.5 Å². The summed E-state index contributed by atoms with van der Waals surface area (Å²) in [6.07, 6.45) is 0.827. The van der Waals surface area contributed by atoms with Gasteiger partial charge in [-0.15, -0.1) is 0 Å². The number of nitrogens with one attached hydrogen (secondary N) is 1. The van der Waals surface area contributed by atoms with Crippen molar-refractivity contribution in [2.45, 2.75) is 46.2 Å². The van der Waals surface area contributed by atoms with E-state index in [0.717, 1.165) is 12.0 Å². The van der Waals surface area contributed by atoms with Crippen LogP contribution in [0.3, 0.4) is 0 Å². The van der Waals surface area contributed by atoms with Crippen LogP contribution in [0.4, 0.5) is 5.69 Å². The average Bonchev–Trinajstić information content (AvgIpc) is 2.46. The molecule has 0 aliphatic carbocycles. The molecule has 0 bridgehead atoms. The van der Waals surface area contributed by atoms with Crippen molar-refractivity contribution in [1.29, 1.82) is 0 Å². The molecule has 1 N–H and O–H groups in total. The summed E-state index contributed by atoms with van der Waals surface area (Å²) in [6.45, 7) is 7.63. The van der Waals surface area contributed by atoms with Crippen LogP contribution in [0.2, 0.25) is 5.02 Å². The Morgan fingerprint density at radius 1 is 1.38 bits per heavy atom. The minimum Gasteiger partial charge on any atom is -0.342 e. The van der Waals surface area contributed by atoms with Crippen molar-refractivity contribution in [3.8, 4) is 0 Å². The minimum atomic E-state index is -0.532. The summed E-state index contributed by atoms with van der Waals surface area (Å²) in [5, 5.41) is 3.39. The zero-order valence-corrected chi connectivity index (χ0v) is 13.6. The Balaban J connectivity index is 2.46. The summed E-state index contributed by atoms with van der Waals surface area (Å²) in [5.41, 5.74) is 1.64. The molecule has 4 nitrogen and oxygen atoms in total. The fourth-order valence-electron chi connectivity index (χ4n) is 2.58. The normalized spacial score (nSPS) is 24.0. The van der Waals surface area contributed by atoms with E-state index in [1.54, 1.807) is 24.0 Å². The molecule has 3 atom stereocenters. The monoisotopic (exact) mass is 308 g/mol. The number of anilines is 1. The average molecular weight is 309 g/mol. The largest absolute Gasteiger partial charge is 0.342 e. The van der Waals surface area contributed by atoms with Crippen LogP contribution in [0.15, 0.2) is 18.2 Å². The molecule has 0 radical (unpaired) electrons. The standard InChI is InChI=1S/C16H21ClN2O2/c1-5-9(2)14-16(21)19(11(4)15(20)18-14)13-8-12(17)7-6-10(13)3/h6-9,11,14H,5H2,1-4H3,(H,18,20). The molecule has 1 aliphatic heterocycles. The van der Waals surface area contributed by atoms with E-state index < -0.39 is 12.1 Å². The minimum absolute atomic E-state index is 0.0678. The Morgan fingerprint density at radius 3 is 2.67 bits per heavy atom. The van der Waals surface area contributed by atoms with Crippen LogP contribution in [-0.4, -0.2) is 23.9 Å². The molecule has 5 heteroatoms. The van der Waals surface area contributed by atoms with Crippen molar-refractivity contribution in [3.05, 3.63) is 28.8 Å².